The predicted octanol–water partition coefficient (Wildman–Crippen LogP) is 5.11. The van der Waals surface area contributed by atoms with Gasteiger partial charge in [-0.15, -0.1) is 11.3 Å². The second-order valence-electron chi connectivity index (χ2n) is 9.29. The Balaban J connectivity index is 1.41. The van der Waals surface area contributed by atoms with E-state index in [4.69, 9.17) is 14.7 Å². The molecule has 0 saturated carbocycles. The quantitative estimate of drug-likeness (QED) is 0.283. The Hall–Kier alpha value is -4.08. The van der Waals surface area contributed by atoms with Crippen LogP contribution in [-0.4, -0.2) is 53.1 Å². The Morgan fingerprint density at radius 2 is 1.85 bits per heavy atom. The van der Waals surface area contributed by atoms with E-state index >= 15 is 0 Å². The number of aromatic hydroxyl groups is 1. The van der Waals surface area contributed by atoms with E-state index in [1.54, 1.807) is 42.5 Å². The van der Waals surface area contributed by atoms with Gasteiger partial charge in [-0.2, -0.15) is 0 Å². The lowest BCUT2D eigenvalue weighted by Gasteiger charge is -2.28. The second kappa shape index (κ2) is 12.2. The SMILES string of the molecule is CC=CC(=O)CCC(=O)NCc1cccc(-c2cc3nc(-c4cccc(O)c4)nc(N4CCOCC4)c3s2)c1. The fraction of sp³-hybridized carbons (Fsp3) is 0.267. The highest BCUT2D eigenvalue weighted by Gasteiger charge is 2.21. The molecule has 3 heterocycles. The van der Waals surface area contributed by atoms with Crippen molar-refractivity contribution in [3.63, 3.8) is 0 Å². The van der Waals surface area contributed by atoms with Crippen LogP contribution in [0.4, 0.5) is 5.82 Å². The molecule has 4 aromatic rings. The van der Waals surface area contributed by atoms with Crippen molar-refractivity contribution in [2.45, 2.75) is 26.3 Å². The van der Waals surface area contributed by atoms with Crippen molar-refractivity contribution in [2.24, 2.45) is 0 Å². The van der Waals surface area contributed by atoms with E-state index < -0.39 is 0 Å². The number of carbonyl (C=O) groups excluding carboxylic acids is 2. The van der Waals surface area contributed by atoms with Crippen LogP contribution >= 0.6 is 11.3 Å². The van der Waals surface area contributed by atoms with Crippen molar-refractivity contribution in [3.8, 4) is 27.6 Å². The number of nitrogens with one attached hydrogen (secondary N) is 1. The monoisotopic (exact) mass is 542 g/mol. The Morgan fingerprint density at radius 1 is 1.05 bits per heavy atom. The van der Waals surface area contributed by atoms with Gasteiger partial charge in [0.25, 0.3) is 0 Å². The number of thiophene rings is 1. The molecule has 9 heteroatoms. The van der Waals surface area contributed by atoms with E-state index in [-0.39, 0.29) is 30.3 Å². The number of carbonyl (C=O) groups is 2. The lowest BCUT2D eigenvalue weighted by molar-refractivity contribution is -0.124. The average Bonchev–Trinajstić information content (AvgIpc) is 3.40. The van der Waals surface area contributed by atoms with Crippen LogP contribution in [0.5, 0.6) is 5.75 Å². The molecule has 0 radical (unpaired) electrons. The zero-order valence-electron chi connectivity index (χ0n) is 21.7. The molecule has 0 spiro atoms. The maximum Gasteiger partial charge on any atom is 0.220 e. The molecule has 39 heavy (non-hydrogen) atoms. The van der Waals surface area contributed by atoms with Crippen molar-refractivity contribution in [1.29, 1.82) is 0 Å². The minimum atomic E-state index is -0.148. The minimum absolute atomic E-state index is 0.0498. The van der Waals surface area contributed by atoms with Gasteiger partial charge in [0, 0.05) is 42.9 Å². The number of phenolic OH excluding ortho intramolecular Hbond substituents is 1. The molecule has 2 aromatic heterocycles. The summed E-state index contributed by atoms with van der Waals surface area (Å²) in [4.78, 5) is 36.9. The molecule has 1 aliphatic heterocycles. The molecule has 200 valence electrons. The first kappa shape index (κ1) is 26.5. The highest BCUT2D eigenvalue weighted by molar-refractivity contribution is 7.22. The summed E-state index contributed by atoms with van der Waals surface area (Å²) in [5.74, 6) is 1.40. The van der Waals surface area contributed by atoms with Crippen molar-refractivity contribution in [3.05, 3.63) is 72.3 Å². The number of fused-ring (bicyclic) bond motifs is 1. The van der Waals surface area contributed by atoms with Gasteiger partial charge in [0.2, 0.25) is 5.91 Å². The van der Waals surface area contributed by atoms with E-state index in [9.17, 15) is 14.7 Å². The summed E-state index contributed by atoms with van der Waals surface area (Å²) < 4.78 is 6.57. The zero-order valence-corrected chi connectivity index (χ0v) is 22.5. The van der Waals surface area contributed by atoms with Crippen molar-refractivity contribution >= 4 is 39.1 Å². The number of hydrogen-bond donors (Lipinski definition) is 2. The van der Waals surface area contributed by atoms with Crippen molar-refractivity contribution in [2.75, 3.05) is 31.2 Å². The van der Waals surface area contributed by atoms with Crippen molar-refractivity contribution in [1.82, 2.24) is 15.3 Å². The number of rotatable bonds is 9. The summed E-state index contributed by atoms with van der Waals surface area (Å²) >= 11 is 1.64. The summed E-state index contributed by atoms with van der Waals surface area (Å²) in [6.45, 7) is 4.94. The standard InChI is InChI=1S/C30H30N4O4S/c1-2-5-23(35)10-11-27(37)31-19-20-6-3-7-21(16-20)26-18-25-28(39-26)30(34-12-14-38-15-13-34)33-29(32-25)22-8-4-9-24(36)17-22/h2-9,16-18,36H,10-15,19H2,1H3,(H,31,37). The highest BCUT2D eigenvalue weighted by Crippen LogP contribution is 2.39. The normalized spacial score (nSPS) is 13.7. The van der Waals surface area contributed by atoms with Gasteiger partial charge in [0.05, 0.1) is 23.4 Å². The fourth-order valence-corrected chi connectivity index (χ4v) is 5.56. The molecule has 0 aliphatic carbocycles. The number of allylic oxidation sites excluding steroid dienone is 2. The van der Waals surface area contributed by atoms with Crippen LogP contribution in [0.15, 0.2) is 66.7 Å². The summed E-state index contributed by atoms with van der Waals surface area (Å²) in [5, 5.41) is 12.9. The summed E-state index contributed by atoms with van der Waals surface area (Å²) in [6.07, 6.45) is 3.55. The second-order valence-corrected chi connectivity index (χ2v) is 10.3. The maximum absolute atomic E-state index is 12.2. The predicted molar refractivity (Wildman–Crippen MR) is 154 cm³/mol. The Kier molecular flexibility index (Phi) is 8.29. The van der Waals surface area contributed by atoms with Crippen LogP contribution in [-0.2, 0) is 20.9 Å². The topological polar surface area (TPSA) is 105 Å². The molecule has 2 aromatic carbocycles. The van der Waals surface area contributed by atoms with Gasteiger partial charge in [-0.3, -0.25) is 9.59 Å². The zero-order chi connectivity index (χ0) is 27.2. The number of morpholine rings is 1. The third-order valence-corrected chi connectivity index (χ3v) is 7.59. The van der Waals surface area contributed by atoms with Crippen LogP contribution in [0, 0.1) is 0 Å². The minimum Gasteiger partial charge on any atom is -0.508 e. The smallest absolute Gasteiger partial charge is 0.220 e. The maximum atomic E-state index is 12.2. The van der Waals surface area contributed by atoms with Crippen LogP contribution in [0.3, 0.4) is 0 Å². The molecule has 1 fully saturated rings. The van der Waals surface area contributed by atoms with Gasteiger partial charge in [0.1, 0.15) is 5.75 Å². The summed E-state index contributed by atoms with van der Waals surface area (Å²) in [5.41, 5.74) is 3.59. The molecule has 2 N–H and O–H groups in total. The molecule has 0 atom stereocenters. The van der Waals surface area contributed by atoms with E-state index in [0.29, 0.717) is 25.6 Å². The van der Waals surface area contributed by atoms with Gasteiger partial charge in [-0.1, -0.05) is 36.4 Å². The van der Waals surface area contributed by atoms with Crippen LogP contribution in [0.2, 0.25) is 0 Å². The lowest BCUT2D eigenvalue weighted by Crippen LogP contribution is -2.36. The number of amides is 1. The molecular weight excluding hydrogens is 512 g/mol. The number of benzene rings is 2. The Labute approximate surface area is 231 Å². The van der Waals surface area contributed by atoms with Gasteiger partial charge in [-0.05, 0) is 48.4 Å². The number of phenols is 1. The van der Waals surface area contributed by atoms with Crippen molar-refractivity contribution < 1.29 is 19.4 Å². The van der Waals surface area contributed by atoms with E-state index in [0.717, 1.165) is 50.7 Å². The molecule has 1 aliphatic rings. The number of nitrogens with zero attached hydrogens (tertiary/aromatic N) is 3. The number of aromatic nitrogens is 2. The summed E-state index contributed by atoms with van der Waals surface area (Å²) in [7, 11) is 0. The van der Waals surface area contributed by atoms with E-state index in [1.807, 2.05) is 24.3 Å². The van der Waals surface area contributed by atoms with Crippen LogP contribution in [0.1, 0.15) is 25.3 Å². The van der Waals surface area contributed by atoms with Gasteiger partial charge >= 0.3 is 0 Å². The van der Waals surface area contributed by atoms with Crippen LogP contribution in [0.25, 0.3) is 32.0 Å². The van der Waals surface area contributed by atoms with E-state index in [2.05, 4.69) is 22.3 Å². The third-order valence-electron chi connectivity index (χ3n) is 6.42. The first-order valence-electron chi connectivity index (χ1n) is 13.0. The molecule has 0 unspecified atom stereocenters. The highest BCUT2D eigenvalue weighted by atomic mass is 32.1. The van der Waals surface area contributed by atoms with Crippen LogP contribution < -0.4 is 10.2 Å². The number of ketones is 1. The van der Waals surface area contributed by atoms with Gasteiger partial charge in [-0.25, -0.2) is 9.97 Å². The van der Waals surface area contributed by atoms with E-state index in [1.165, 1.54) is 6.08 Å². The molecule has 8 nitrogen and oxygen atoms in total. The van der Waals surface area contributed by atoms with Gasteiger partial charge < -0.3 is 20.1 Å². The molecular formula is C30H30N4O4S. The Morgan fingerprint density at radius 3 is 2.64 bits per heavy atom. The largest absolute Gasteiger partial charge is 0.508 e. The molecule has 0 bridgehead atoms. The third kappa shape index (κ3) is 6.50. The first-order chi connectivity index (χ1) is 19.0. The molecule has 1 saturated heterocycles. The fourth-order valence-electron chi connectivity index (χ4n) is 4.45. The first-order valence-corrected chi connectivity index (χ1v) is 13.8. The average molecular weight is 543 g/mol. The number of ether oxygens (including phenoxy) is 1. The lowest BCUT2D eigenvalue weighted by atomic mass is 10.1. The van der Waals surface area contributed by atoms with Gasteiger partial charge in [0.15, 0.2) is 17.4 Å². The molecule has 1 amide bonds. The number of anilines is 1. The summed E-state index contributed by atoms with van der Waals surface area (Å²) in [6, 6.07) is 17.1. The molecule has 5 rings (SSSR count). The number of hydrogen-bond acceptors (Lipinski definition) is 8. The Bertz CT molecular complexity index is 1520.